The van der Waals surface area contributed by atoms with E-state index in [4.69, 9.17) is 4.42 Å². The van der Waals surface area contributed by atoms with Gasteiger partial charge in [0.1, 0.15) is 0 Å². The van der Waals surface area contributed by atoms with E-state index in [1.165, 1.54) is 4.57 Å². The van der Waals surface area contributed by atoms with Crippen molar-refractivity contribution in [3.63, 3.8) is 0 Å². The number of aromatic nitrogens is 1. The first-order chi connectivity index (χ1) is 9.56. The summed E-state index contributed by atoms with van der Waals surface area (Å²) in [5.41, 5.74) is 1.24. The fourth-order valence-corrected chi connectivity index (χ4v) is 2.53. The van der Waals surface area contributed by atoms with E-state index in [2.05, 4.69) is 15.9 Å². The molecule has 0 bridgehead atoms. The minimum Gasteiger partial charge on any atom is -0.408 e. The van der Waals surface area contributed by atoms with Crippen molar-refractivity contribution in [2.75, 3.05) is 13.1 Å². The predicted molar refractivity (Wildman–Crippen MR) is 80.7 cm³/mol. The Labute approximate surface area is 125 Å². The highest BCUT2D eigenvalue weighted by molar-refractivity contribution is 9.10. The second-order valence-electron chi connectivity index (χ2n) is 4.45. The van der Waals surface area contributed by atoms with E-state index in [0.29, 0.717) is 37.2 Å². The highest BCUT2D eigenvalue weighted by Gasteiger charge is 2.13. The topological polar surface area (TPSA) is 55.5 Å². The Bertz CT molecular complexity index is 671. The standard InChI is InChI=1S/C14H17BrN2O3/c1-3-16(4-2)13(18)7-8-17-11-6-5-10(15)9-12(11)20-14(17)19/h5-6,9H,3-4,7-8H2,1-2H3. The number of carbonyl (C=O) groups is 1. The fourth-order valence-electron chi connectivity index (χ4n) is 2.19. The first kappa shape index (κ1) is 14.8. The van der Waals surface area contributed by atoms with Crippen LogP contribution in [0.15, 0.2) is 31.9 Å². The van der Waals surface area contributed by atoms with Crippen LogP contribution in [0.4, 0.5) is 0 Å². The smallest absolute Gasteiger partial charge is 0.408 e. The molecule has 108 valence electrons. The molecule has 1 heterocycles. The number of amides is 1. The van der Waals surface area contributed by atoms with Gasteiger partial charge in [0.2, 0.25) is 5.91 Å². The zero-order chi connectivity index (χ0) is 14.7. The molecule has 1 amide bonds. The van der Waals surface area contributed by atoms with Gasteiger partial charge >= 0.3 is 5.76 Å². The number of rotatable bonds is 5. The first-order valence-electron chi connectivity index (χ1n) is 6.63. The van der Waals surface area contributed by atoms with Crippen LogP contribution >= 0.6 is 15.9 Å². The molecule has 0 fully saturated rings. The van der Waals surface area contributed by atoms with Crippen LogP contribution in [-0.4, -0.2) is 28.5 Å². The average Bonchev–Trinajstić information content (AvgIpc) is 2.72. The van der Waals surface area contributed by atoms with Crippen molar-refractivity contribution in [3.8, 4) is 0 Å². The number of hydrogen-bond donors (Lipinski definition) is 0. The van der Waals surface area contributed by atoms with E-state index in [1.54, 1.807) is 11.0 Å². The highest BCUT2D eigenvalue weighted by atomic mass is 79.9. The Morgan fingerprint density at radius 1 is 1.35 bits per heavy atom. The lowest BCUT2D eigenvalue weighted by atomic mass is 10.3. The Morgan fingerprint density at radius 2 is 2.05 bits per heavy atom. The molecule has 0 aliphatic heterocycles. The molecule has 6 heteroatoms. The Balaban J connectivity index is 2.20. The normalized spacial score (nSPS) is 10.9. The van der Waals surface area contributed by atoms with Crippen LogP contribution in [0.1, 0.15) is 20.3 Å². The lowest BCUT2D eigenvalue weighted by Crippen LogP contribution is -2.31. The molecule has 20 heavy (non-hydrogen) atoms. The van der Waals surface area contributed by atoms with E-state index in [0.717, 1.165) is 4.47 Å². The van der Waals surface area contributed by atoms with Crippen molar-refractivity contribution in [1.82, 2.24) is 9.47 Å². The van der Waals surface area contributed by atoms with Gasteiger partial charge in [0.15, 0.2) is 5.58 Å². The first-order valence-corrected chi connectivity index (χ1v) is 7.42. The second-order valence-corrected chi connectivity index (χ2v) is 5.36. The summed E-state index contributed by atoms with van der Waals surface area (Å²) in [7, 11) is 0. The van der Waals surface area contributed by atoms with Crippen LogP contribution in [0, 0.1) is 0 Å². The van der Waals surface area contributed by atoms with E-state index < -0.39 is 5.76 Å². The lowest BCUT2D eigenvalue weighted by molar-refractivity contribution is -0.131. The van der Waals surface area contributed by atoms with Crippen LogP contribution in [0.3, 0.4) is 0 Å². The monoisotopic (exact) mass is 340 g/mol. The molecule has 0 spiro atoms. The number of benzene rings is 1. The molecular formula is C14H17BrN2O3. The summed E-state index contributed by atoms with van der Waals surface area (Å²) in [5.74, 6) is -0.376. The van der Waals surface area contributed by atoms with Crippen molar-refractivity contribution in [1.29, 1.82) is 0 Å². The Kier molecular flexibility index (Phi) is 4.65. The van der Waals surface area contributed by atoms with E-state index in [9.17, 15) is 9.59 Å². The molecule has 0 atom stereocenters. The van der Waals surface area contributed by atoms with Crippen LogP contribution < -0.4 is 5.76 Å². The van der Waals surface area contributed by atoms with Gasteiger partial charge in [0.25, 0.3) is 0 Å². The molecule has 0 saturated carbocycles. The number of aryl methyl sites for hydroxylation is 1. The quantitative estimate of drug-likeness (QED) is 0.840. The third kappa shape index (κ3) is 2.95. The maximum atomic E-state index is 12.0. The Morgan fingerprint density at radius 3 is 2.70 bits per heavy atom. The summed E-state index contributed by atoms with van der Waals surface area (Å²) in [6.45, 7) is 5.59. The molecule has 0 radical (unpaired) electrons. The number of nitrogens with zero attached hydrogens (tertiary/aromatic N) is 2. The molecule has 0 aliphatic carbocycles. The average molecular weight is 341 g/mol. The van der Waals surface area contributed by atoms with Gasteiger partial charge in [0.05, 0.1) is 5.52 Å². The summed E-state index contributed by atoms with van der Waals surface area (Å²) < 4.78 is 7.53. The van der Waals surface area contributed by atoms with Crippen molar-refractivity contribution < 1.29 is 9.21 Å². The number of carbonyl (C=O) groups excluding carboxylic acids is 1. The van der Waals surface area contributed by atoms with E-state index in [-0.39, 0.29) is 5.91 Å². The van der Waals surface area contributed by atoms with Crippen molar-refractivity contribution in [2.24, 2.45) is 0 Å². The van der Waals surface area contributed by atoms with Gasteiger partial charge in [-0.05, 0) is 32.0 Å². The molecule has 2 aromatic rings. The van der Waals surface area contributed by atoms with E-state index in [1.807, 2.05) is 26.0 Å². The number of halogens is 1. The van der Waals surface area contributed by atoms with Gasteiger partial charge in [-0.3, -0.25) is 9.36 Å². The molecule has 0 aliphatic rings. The maximum Gasteiger partial charge on any atom is 0.419 e. The summed E-state index contributed by atoms with van der Waals surface area (Å²) in [6, 6.07) is 5.41. The third-order valence-electron chi connectivity index (χ3n) is 3.30. The van der Waals surface area contributed by atoms with Gasteiger partial charge in [-0.15, -0.1) is 0 Å². The highest BCUT2D eigenvalue weighted by Crippen LogP contribution is 2.19. The van der Waals surface area contributed by atoms with E-state index >= 15 is 0 Å². The molecule has 0 N–H and O–H groups in total. The minimum atomic E-state index is -0.426. The fraction of sp³-hybridized carbons (Fsp3) is 0.429. The van der Waals surface area contributed by atoms with Crippen molar-refractivity contribution in [3.05, 3.63) is 33.2 Å². The summed E-state index contributed by atoms with van der Waals surface area (Å²) in [4.78, 5) is 25.6. The molecule has 2 rings (SSSR count). The van der Waals surface area contributed by atoms with Gasteiger partial charge in [0, 0.05) is 30.5 Å². The third-order valence-corrected chi connectivity index (χ3v) is 3.79. The second kappa shape index (κ2) is 6.26. The number of fused-ring (bicyclic) bond motifs is 1. The van der Waals surface area contributed by atoms with Crippen molar-refractivity contribution in [2.45, 2.75) is 26.8 Å². The van der Waals surface area contributed by atoms with Crippen LogP contribution in [0.5, 0.6) is 0 Å². The molecule has 5 nitrogen and oxygen atoms in total. The van der Waals surface area contributed by atoms with Gasteiger partial charge < -0.3 is 9.32 Å². The van der Waals surface area contributed by atoms with Gasteiger partial charge in [-0.25, -0.2) is 4.79 Å². The van der Waals surface area contributed by atoms with Crippen molar-refractivity contribution >= 4 is 32.9 Å². The summed E-state index contributed by atoms with van der Waals surface area (Å²) >= 11 is 3.33. The molecule has 0 unspecified atom stereocenters. The molecule has 1 aromatic heterocycles. The maximum absolute atomic E-state index is 12.0. The zero-order valence-corrected chi connectivity index (χ0v) is 13.1. The summed E-state index contributed by atoms with van der Waals surface area (Å²) in [6.07, 6.45) is 0.298. The predicted octanol–water partition coefficient (Wildman–Crippen LogP) is 2.62. The minimum absolute atomic E-state index is 0.0494. The van der Waals surface area contributed by atoms with Gasteiger partial charge in [-0.2, -0.15) is 0 Å². The zero-order valence-electron chi connectivity index (χ0n) is 11.6. The Hall–Kier alpha value is -1.56. The van der Waals surface area contributed by atoms with Crippen LogP contribution in [0.2, 0.25) is 0 Å². The van der Waals surface area contributed by atoms with Gasteiger partial charge in [-0.1, -0.05) is 15.9 Å². The molecule has 0 saturated heterocycles. The number of hydrogen-bond acceptors (Lipinski definition) is 3. The largest absolute Gasteiger partial charge is 0.419 e. The summed E-state index contributed by atoms with van der Waals surface area (Å²) in [5, 5.41) is 0. The number of oxazole rings is 1. The molecular weight excluding hydrogens is 324 g/mol. The lowest BCUT2D eigenvalue weighted by Gasteiger charge is -2.18. The SMILES string of the molecule is CCN(CC)C(=O)CCn1c(=O)oc2cc(Br)ccc21. The molecule has 1 aromatic carbocycles. The van der Waals surface area contributed by atoms with Crippen LogP contribution in [-0.2, 0) is 11.3 Å². The van der Waals surface area contributed by atoms with Crippen LogP contribution in [0.25, 0.3) is 11.1 Å².